The minimum absolute atomic E-state index is 0.0708. The van der Waals surface area contributed by atoms with Gasteiger partial charge < -0.3 is 21.5 Å². The summed E-state index contributed by atoms with van der Waals surface area (Å²) in [5.41, 5.74) is 7.80. The second kappa shape index (κ2) is 10.4. The Morgan fingerprint density at radius 2 is 1.91 bits per heavy atom. The molecule has 1 aromatic rings. The molecule has 1 fully saturated rings. The summed E-state index contributed by atoms with van der Waals surface area (Å²) in [6.07, 6.45) is 0.617. The van der Waals surface area contributed by atoms with Gasteiger partial charge in [-0.1, -0.05) is 44.2 Å². The van der Waals surface area contributed by atoms with Gasteiger partial charge in [-0.2, -0.15) is 0 Å². The van der Waals surface area contributed by atoms with Crippen molar-refractivity contribution in [3.05, 3.63) is 47.2 Å². The fourth-order valence-electron chi connectivity index (χ4n) is 3.93. The fraction of sp³-hybridized carbons (Fsp3) is 0.478. The topological polar surface area (TPSA) is 142 Å². The highest BCUT2D eigenvalue weighted by Gasteiger charge is 2.54. The number of β-lactam (4-membered cyclic amide) rings is 1. The van der Waals surface area contributed by atoms with Gasteiger partial charge in [-0.25, -0.2) is 4.79 Å². The van der Waals surface area contributed by atoms with Crippen molar-refractivity contribution in [2.45, 2.75) is 57.1 Å². The number of carboxylic acid groups (broad SMARTS) is 1. The lowest BCUT2D eigenvalue weighted by atomic mass is 10.00. The van der Waals surface area contributed by atoms with Gasteiger partial charge in [0, 0.05) is 5.75 Å². The summed E-state index contributed by atoms with van der Waals surface area (Å²) >= 11 is 1.44. The number of fused-ring (bicyclic) bond motifs is 1. The molecule has 178 valence electrons. The first-order valence-electron chi connectivity index (χ1n) is 10.9. The van der Waals surface area contributed by atoms with E-state index in [1.807, 2.05) is 44.2 Å². The number of hydrogen-bond acceptors (Lipinski definition) is 6. The van der Waals surface area contributed by atoms with Crippen LogP contribution in [0.1, 0.15) is 32.8 Å². The van der Waals surface area contributed by atoms with Crippen molar-refractivity contribution < 1.29 is 24.3 Å². The molecule has 2 aliphatic heterocycles. The lowest BCUT2D eigenvalue weighted by Gasteiger charge is -2.50. The van der Waals surface area contributed by atoms with Crippen LogP contribution in [-0.4, -0.2) is 62.9 Å². The number of aliphatic carboxylic acids is 1. The standard InChI is InChI=1S/C23H30N4O5S/c1-12(2)9-16(23(31)32)25-20(29)18-13(3)11-33-22-17(21(30)27(18)22)26-19(28)15(24)10-14-7-5-4-6-8-14/h4-8,12,15-17,22H,9-11,24H2,1-3H3,(H,25,29)(H,26,28)(H,31,32)/t15?,16-,17+,22+/m0/s1. The van der Waals surface area contributed by atoms with Crippen molar-refractivity contribution in [1.29, 1.82) is 0 Å². The summed E-state index contributed by atoms with van der Waals surface area (Å²) in [6.45, 7) is 5.48. The highest BCUT2D eigenvalue weighted by Crippen LogP contribution is 2.40. The molecule has 1 unspecified atom stereocenters. The second-order valence-electron chi connectivity index (χ2n) is 8.82. The van der Waals surface area contributed by atoms with E-state index in [2.05, 4.69) is 10.6 Å². The number of carbonyl (C=O) groups excluding carboxylic acids is 3. The summed E-state index contributed by atoms with van der Waals surface area (Å²) in [7, 11) is 0. The third kappa shape index (κ3) is 5.56. The summed E-state index contributed by atoms with van der Waals surface area (Å²) in [6, 6.07) is 6.72. The van der Waals surface area contributed by atoms with Crippen LogP contribution in [-0.2, 0) is 25.6 Å². The van der Waals surface area contributed by atoms with E-state index in [1.165, 1.54) is 16.7 Å². The first-order valence-corrected chi connectivity index (χ1v) is 11.9. The molecule has 0 radical (unpaired) electrons. The van der Waals surface area contributed by atoms with E-state index in [0.29, 0.717) is 17.7 Å². The maximum atomic E-state index is 12.9. The molecule has 3 amide bonds. The number of hydrogen-bond donors (Lipinski definition) is 4. The van der Waals surface area contributed by atoms with Crippen LogP contribution in [0.4, 0.5) is 0 Å². The molecular formula is C23H30N4O5S. The molecule has 2 heterocycles. The van der Waals surface area contributed by atoms with E-state index in [4.69, 9.17) is 5.73 Å². The van der Waals surface area contributed by atoms with Gasteiger partial charge in [0.1, 0.15) is 23.2 Å². The molecule has 3 rings (SSSR count). The first kappa shape index (κ1) is 24.8. The Morgan fingerprint density at radius 3 is 2.52 bits per heavy atom. The number of amides is 3. The molecule has 0 saturated carbocycles. The molecule has 2 aliphatic rings. The number of nitrogens with one attached hydrogen (secondary N) is 2. The number of thioether (sulfide) groups is 1. The molecule has 10 heteroatoms. The van der Waals surface area contributed by atoms with Crippen LogP contribution in [0.2, 0.25) is 0 Å². The van der Waals surface area contributed by atoms with Crippen LogP contribution in [0.3, 0.4) is 0 Å². The van der Waals surface area contributed by atoms with Crippen LogP contribution in [0, 0.1) is 5.92 Å². The van der Waals surface area contributed by atoms with E-state index in [9.17, 15) is 24.3 Å². The predicted octanol–water partition coefficient (Wildman–Crippen LogP) is 0.846. The Morgan fingerprint density at radius 1 is 1.24 bits per heavy atom. The van der Waals surface area contributed by atoms with Gasteiger partial charge in [0.05, 0.1) is 6.04 Å². The largest absolute Gasteiger partial charge is 0.480 e. The lowest BCUT2D eigenvalue weighted by molar-refractivity contribution is -0.148. The Bertz CT molecular complexity index is 965. The van der Waals surface area contributed by atoms with Crippen molar-refractivity contribution >= 4 is 35.5 Å². The van der Waals surface area contributed by atoms with E-state index >= 15 is 0 Å². The van der Waals surface area contributed by atoms with Gasteiger partial charge in [0.2, 0.25) is 5.91 Å². The normalized spacial score (nSPS) is 21.7. The quantitative estimate of drug-likeness (QED) is 0.389. The molecule has 33 heavy (non-hydrogen) atoms. The zero-order chi connectivity index (χ0) is 24.3. The molecule has 4 atom stereocenters. The number of carboxylic acids is 1. The summed E-state index contributed by atoms with van der Waals surface area (Å²) in [4.78, 5) is 51.3. The van der Waals surface area contributed by atoms with Gasteiger partial charge in [-0.15, -0.1) is 11.8 Å². The molecule has 0 bridgehead atoms. The maximum absolute atomic E-state index is 12.9. The average Bonchev–Trinajstić information content (AvgIpc) is 2.76. The fourth-order valence-corrected chi connectivity index (χ4v) is 5.23. The molecule has 9 nitrogen and oxygen atoms in total. The second-order valence-corrected chi connectivity index (χ2v) is 9.92. The van der Waals surface area contributed by atoms with Crippen LogP contribution in [0.5, 0.6) is 0 Å². The van der Waals surface area contributed by atoms with Crippen molar-refractivity contribution in [1.82, 2.24) is 15.5 Å². The Kier molecular flexibility index (Phi) is 7.80. The molecule has 1 aromatic carbocycles. The molecule has 0 spiro atoms. The van der Waals surface area contributed by atoms with Crippen molar-refractivity contribution in [2.24, 2.45) is 11.7 Å². The van der Waals surface area contributed by atoms with Crippen molar-refractivity contribution in [3.8, 4) is 0 Å². The SMILES string of the molecule is CC1=C(C(=O)N[C@@H](CC(C)C)C(=O)O)N2C(=O)[C@@H](NC(=O)C(N)Cc3ccccc3)[C@H]2SC1. The van der Waals surface area contributed by atoms with Crippen LogP contribution >= 0.6 is 11.8 Å². The zero-order valence-corrected chi connectivity index (χ0v) is 19.7. The molecule has 0 aliphatic carbocycles. The first-order chi connectivity index (χ1) is 15.6. The number of rotatable bonds is 9. The Balaban J connectivity index is 1.66. The third-order valence-corrected chi connectivity index (χ3v) is 7.04. The van der Waals surface area contributed by atoms with Gasteiger partial charge in [0.25, 0.3) is 11.8 Å². The summed E-state index contributed by atoms with van der Waals surface area (Å²) in [5, 5.41) is 14.3. The molecule has 1 saturated heterocycles. The van der Waals surface area contributed by atoms with Gasteiger partial charge >= 0.3 is 5.97 Å². The molecular weight excluding hydrogens is 444 g/mol. The van der Waals surface area contributed by atoms with Crippen LogP contribution in [0.25, 0.3) is 0 Å². The zero-order valence-electron chi connectivity index (χ0n) is 18.9. The minimum Gasteiger partial charge on any atom is -0.480 e. The average molecular weight is 475 g/mol. The number of benzene rings is 1. The monoisotopic (exact) mass is 474 g/mol. The van der Waals surface area contributed by atoms with Crippen molar-refractivity contribution in [3.63, 3.8) is 0 Å². The van der Waals surface area contributed by atoms with E-state index in [-0.39, 0.29) is 18.0 Å². The van der Waals surface area contributed by atoms with Crippen molar-refractivity contribution in [2.75, 3.05) is 5.75 Å². The maximum Gasteiger partial charge on any atom is 0.326 e. The Hall–Kier alpha value is -2.85. The smallest absolute Gasteiger partial charge is 0.326 e. The van der Waals surface area contributed by atoms with Gasteiger partial charge in [-0.3, -0.25) is 19.3 Å². The molecule has 5 N–H and O–H groups in total. The number of nitrogens with two attached hydrogens (primary N) is 1. The van der Waals surface area contributed by atoms with E-state index in [1.54, 1.807) is 6.92 Å². The van der Waals surface area contributed by atoms with E-state index < -0.39 is 47.2 Å². The Labute approximate surface area is 197 Å². The number of carbonyl (C=O) groups is 4. The van der Waals surface area contributed by atoms with Crippen LogP contribution < -0.4 is 16.4 Å². The lowest BCUT2D eigenvalue weighted by Crippen LogP contribution is -2.72. The highest BCUT2D eigenvalue weighted by atomic mass is 32.2. The predicted molar refractivity (Wildman–Crippen MR) is 125 cm³/mol. The summed E-state index contributed by atoms with van der Waals surface area (Å²) < 4.78 is 0. The van der Waals surface area contributed by atoms with Gasteiger partial charge in [0.15, 0.2) is 0 Å². The highest BCUT2D eigenvalue weighted by molar-refractivity contribution is 8.00. The van der Waals surface area contributed by atoms with E-state index in [0.717, 1.165) is 5.56 Å². The third-order valence-electron chi connectivity index (χ3n) is 5.62. The van der Waals surface area contributed by atoms with Gasteiger partial charge in [-0.05, 0) is 36.8 Å². The molecule has 0 aromatic heterocycles. The minimum atomic E-state index is -1.12. The number of nitrogens with zero attached hydrogens (tertiary/aromatic N) is 1. The van der Waals surface area contributed by atoms with Crippen LogP contribution in [0.15, 0.2) is 41.6 Å². The summed E-state index contributed by atoms with van der Waals surface area (Å²) in [5.74, 6) is -2.00.